The molecule has 1 fully saturated rings. The third kappa shape index (κ3) is 2.92. The molecule has 0 amide bonds. The Bertz CT molecular complexity index is 380. The van der Waals surface area contributed by atoms with Gasteiger partial charge in [-0.05, 0) is 24.7 Å². The number of rotatable bonds is 3. The molecule has 1 heterocycles. The van der Waals surface area contributed by atoms with Gasteiger partial charge in [0, 0.05) is 23.7 Å². The summed E-state index contributed by atoms with van der Waals surface area (Å²) < 4.78 is 0. The van der Waals surface area contributed by atoms with Crippen molar-refractivity contribution in [2.75, 3.05) is 0 Å². The molecule has 2 rings (SSSR count). The van der Waals surface area contributed by atoms with Crippen molar-refractivity contribution in [1.82, 2.24) is 10.3 Å². The Morgan fingerprint density at radius 3 is 3.00 bits per heavy atom. The smallest absolute Gasteiger partial charge is 0.304 e. The van der Waals surface area contributed by atoms with Gasteiger partial charge in [0.15, 0.2) is 0 Å². The van der Waals surface area contributed by atoms with E-state index in [9.17, 15) is 4.79 Å². The third-order valence-electron chi connectivity index (χ3n) is 3.12. The second-order valence-electron chi connectivity index (χ2n) is 5.16. The van der Waals surface area contributed by atoms with Crippen molar-refractivity contribution in [3.05, 3.63) is 20.7 Å². The van der Waals surface area contributed by atoms with Gasteiger partial charge >= 0.3 is 4.87 Å². The van der Waals surface area contributed by atoms with Crippen molar-refractivity contribution in [1.29, 1.82) is 0 Å². The number of aromatic amines is 1. The summed E-state index contributed by atoms with van der Waals surface area (Å²) in [5.74, 6) is 0. The van der Waals surface area contributed by atoms with Crippen LogP contribution < -0.4 is 10.2 Å². The van der Waals surface area contributed by atoms with E-state index >= 15 is 0 Å². The zero-order valence-corrected chi connectivity index (χ0v) is 10.1. The van der Waals surface area contributed by atoms with Gasteiger partial charge in [0.2, 0.25) is 0 Å². The maximum atomic E-state index is 10.9. The van der Waals surface area contributed by atoms with Crippen LogP contribution in [0.5, 0.6) is 0 Å². The van der Waals surface area contributed by atoms with E-state index in [-0.39, 0.29) is 4.87 Å². The molecule has 84 valence electrons. The van der Waals surface area contributed by atoms with Crippen LogP contribution in [0, 0.1) is 5.41 Å². The number of hydrogen-bond donors (Lipinski definition) is 2. The Balaban J connectivity index is 1.82. The molecule has 4 heteroatoms. The summed E-state index contributed by atoms with van der Waals surface area (Å²) in [6, 6.07) is 0.614. The van der Waals surface area contributed by atoms with Crippen LogP contribution in [0.15, 0.2) is 10.2 Å². The molecule has 1 saturated carbocycles. The third-order valence-corrected chi connectivity index (χ3v) is 3.84. The molecule has 0 spiro atoms. The van der Waals surface area contributed by atoms with Gasteiger partial charge in [-0.3, -0.25) is 4.79 Å². The highest BCUT2D eigenvalue weighted by atomic mass is 32.1. The topological polar surface area (TPSA) is 44.9 Å². The van der Waals surface area contributed by atoms with Gasteiger partial charge in [-0.25, -0.2) is 0 Å². The molecule has 1 aromatic heterocycles. The quantitative estimate of drug-likeness (QED) is 0.829. The lowest BCUT2D eigenvalue weighted by Gasteiger charge is -2.17. The van der Waals surface area contributed by atoms with Gasteiger partial charge in [0.1, 0.15) is 0 Å². The van der Waals surface area contributed by atoms with Crippen molar-refractivity contribution < 1.29 is 0 Å². The number of hydrogen-bond acceptors (Lipinski definition) is 3. The summed E-state index contributed by atoms with van der Waals surface area (Å²) in [6.45, 7) is 5.43. The molecule has 1 aliphatic carbocycles. The Morgan fingerprint density at radius 1 is 1.67 bits per heavy atom. The largest absolute Gasteiger partial charge is 0.315 e. The van der Waals surface area contributed by atoms with Crippen LogP contribution in [0.2, 0.25) is 0 Å². The fourth-order valence-corrected chi connectivity index (χ4v) is 2.85. The van der Waals surface area contributed by atoms with E-state index in [4.69, 9.17) is 0 Å². The van der Waals surface area contributed by atoms with Crippen LogP contribution in [0.1, 0.15) is 38.8 Å². The van der Waals surface area contributed by atoms with Gasteiger partial charge < -0.3 is 10.3 Å². The average Bonchev–Trinajstić information content (AvgIpc) is 2.69. The highest BCUT2D eigenvalue weighted by Gasteiger charge is 2.30. The first-order valence-electron chi connectivity index (χ1n) is 5.45. The molecule has 1 unspecified atom stereocenters. The molecule has 0 aliphatic heterocycles. The lowest BCUT2D eigenvalue weighted by Crippen LogP contribution is -2.27. The van der Waals surface area contributed by atoms with Gasteiger partial charge in [-0.2, -0.15) is 0 Å². The summed E-state index contributed by atoms with van der Waals surface area (Å²) in [4.78, 5) is 13.8. The summed E-state index contributed by atoms with van der Waals surface area (Å²) in [6.07, 6.45) is 3.79. The molecule has 1 aromatic rings. The van der Waals surface area contributed by atoms with E-state index < -0.39 is 0 Å². The minimum Gasteiger partial charge on any atom is -0.315 e. The summed E-state index contributed by atoms with van der Waals surface area (Å²) in [5.41, 5.74) is 1.49. The van der Waals surface area contributed by atoms with Crippen molar-refractivity contribution in [2.45, 2.75) is 45.7 Å². The van der Waals surface area contributed by atoms with Crippen molar-refractivity contribution in [2.24, 2.45) is 5.41 Å². The molecule has 0 radical (unpaired) electrons. The van der Waals surface area contributed by atoms with E-state index in [2.05, 4.69) is 24.1 Å². The van der Waals surface area contributed by atoms with Crippen molar-refractivity contribution in [3.8, 4) is 0 Å². The summed E-state index contributed by atoms with van der Waals surface area (Å²) in [7, 11) is 0. The Morgan fingerprint density at radius 2 is 2.47 bits per heavy atom. The minimum atomic E-state index is 0.0403. The van der Waals surface area contributed by atoms with Gasteiger partial charge in [0.25, 0.3) is 0 Å². The van der Waals surface area contributed by atoms with Gasteiger partial charge in [-0.1, -0.05) is 25.2 Å². The molecular formula is C11H18N2OS. The molecule has 0 bridgehead atoms. The van der Waals surface area contributed by atoms with Crippen molar-refractivity contribution in [3.63, 3.8) is 0 Å². The van der Waals surface area contributed by atoms with Gasteiger partial charge in [-0.15, -0.1) is 0 Å². The number of thiazole rings is 1. The standard InChI is InChI=1S/C11H18N2OS/c1-11(2)4-3-8(5-11)12-6-9-7-15-10(14)13-9/h7-8,12H,3-6H2,1-2H3,(H,13,14). The average molecular weight is 226 g/mol. The van der Waals surface area contributed by atoms with E-state index in [0.29, 0.717) is 11.5 Å². The van der Waals surface area contributed by atoms with Crippen LogP contribution in [0.25, 0.3) is 0 Å². The zero-order valence-electron chi connectivity index (χ0n) is 9.30. The number of aromatic nitrogens is 1. The predicted octanol–water partition coefficient (Wildman–Crippen LogP) is 2.10. The van der Waals surface area contributed by atoms with E-state index in [1.807, 2.05) is 5.38 Å². The second-order valence-corrected chi connectivity index (χ2v) is 6.00. The van der Waals surface area contributed by atoms with E-state index in [1.165, 1.54) is 30.6 Å². The maximum absolute atomic E-state index is 10.9. The van der Waals surface area contributed by atoms with Crippen LogP contribution in [-0.4, -0.2) is 11.0 Å². The van der Waals surface area contributed by atoms with Crippen LogP contribution in [-0.2, 0) is 6.54 Å². The molecule has 3 nitrogen and oxygen atoms in total. The summed E-state index contributed by atoms with van der Waals surface area (Å²) in [5, 5.41) is 5.40. The number of nitrogens with one attached hydrogen (secondary N) is 2. The lowest BCUT2D eigenvalue weighted by atomic mass is 9.92. The molecule has 0 saturated heterocycles. The zero-order chi connectivity index (χ0) is 10.9. The molecule has 0 aromatic carbocycles. The highest BCUT2D eigenvalue weighted by molar-refractivity contribution is 7.07. The monoisotopic (exact) mass is 226 g/mol. The first-order valence-corrected chi connectivity index (χ1v) is 6.33. The van der Waals surface area contributed by atoms with Crippen LogP contribution in [0.3, 0.4) is 0 Å². The molecule has 1 aliphatic rings. The molecule has 1 atom stereocenters. The fourth-order valence-electron chi connectivity index (χ4n) is 2.27. The lowest BCUT2D eigenvalue weighted by molar-refractivity contribution is 0.364. The van der Waals surface area contributed by atoms with Gasteiger partial charge in [0.05, 0.1) is 0 Å². The minimum absolute atomic E-state index is 0.0403. The fraction of sp³-hybridized carbons (Fsp3) is 0.727. The molecular weight excluding hydrogens is 208 g/mol. The Labute approximate surface area is 93.9 Å². The Kier molecular flexibility index (Phi) is 2.98. The first kappa shape index (κ1) is 10.9. The second kappa shape index (κ2) is 4.10. The number of H-pyrrole nitrogens is 1. The highest BCUT2D eigenvalue weighted by Crippen LogP contribution is 2.36. The first-order chi connectivity index (χ1) is 7.05. The maximum Gasteiger partial charge on any atom is 0.304 e. The molecule has 15 heavy (non-hydrogen) atoms. The van der Waals surface area contributed by atoms with Crippen molar-refractivity contribution >= 4 is 11.3 Å². The summed E-state index contributed by atoms with van der Waals surface area (Å²) >= 11 is 1.24. The normalized spacial score (nSPS) is 24.5. The predicted molar refractivity (Wildman–Crippen MR) is 63.2 cm³/mol. The van der Waals surface area contributed by atoms with E-state index in [0.717, 1.165) is 12.2 Å². The van der Waals surface area contributed by atoms with Crippen LogP contribution >= 0.6 is 11.3 Å². The SMILES string of the molecule is CC1(C)CCC(NCc2csc(=O)[nH]2)C1. The Hall–Kier alpha value is -0.610. The van der Waals surface area contributed by atoms with E-state index in [1.54, 1.807) is 0 Å². The molecule has 2 N–H and O–H groups in total. The van der Waals surface area contributed by atoms with Crippen LogP contribution in [0.4, 0.5) is 0 Å².